The van der Waals surface area contributed by atoms with Crippen molar-refractivity contribution in [2.24, 2.45) is 5.73 Å². The van der Waals surface area contributed by atoms with Crippen molar-refractivity contribution in [3.8, 4) is 0 Å². The number of carbonyl (C=O) groups excluding carboxylic acids is 1. The van der Waals surface area contributed by atoms with Crippen LogP contribution in [0.2, 0.25) is 5.15 Å². The number of carbonyl (C=O) groups is 1. The Balaban J connectivity index is 2.65. The second kappa shape index (κ2) is 4.43. The van der Waals surface area contributed by atoms with Gasteiger partial charge in [0.15, 0.2) is 0 Å². The molecule has 1 aromatic heterocycles. The topological polar surface area (TPSA) is 104 Å². The van der Waals surface area contributed by atoms with Gasteiger partial charge in [-0.1, -0.05) is 11.6 Å². The number of halogens is 1. The lowest BCUT2D eigenvalue weighted by Crippen LogP contribution is -2.44. The first-order chi connectivity index (χ1) is 6.59. The number of nitrogens with one attached hydrogen (secondary N) is 3. The van der Waals surface area contributed by atoms with E-state index in [1.54, 1.807) is 0 Å². The summed E-state index contributed by atoms with van der Waals surface area (Å²) in [4.78, 5) is 15.0. The predicted octanol–water partition coefficient (Wildman–Crippen LogP) is -0.137. The highest BCUT2D eigenvalue weighted by atomic mass is 35.5. The lowest BCUT2D eigenvalue weighted by atomic mass is 10.2. The van der Waals surface area contributed by atoms with Gasteiger partial charge in [-0.05, 0) is 12.1 Å². The number of pyridine rings is 1. The molecule has 5 N–H and O–H groups in total. The van der Waals surface area contributed by atoms with E-state index in [0.717, 1.165) is 0 Å². The second-order valence-electron chi connectivity index (χ2n) is 2.36. The summed E-state index contributed by atoms with van der Waals surface area (Å²) in [6.07, 6.45) is 1.41. The zero-order chi connectivity index (χ0) is 10.6. The van der Waals surface area contributed by atoms with E-state index in [-0.39, 0.29) is 11.1 Å². The molecule has 0 saturated heterocycles. The van der Waals surface area contributed by atoms with Crippen molar-refractivity contribution in [1.29, 1.82) is 5.41 Å². The van der Waals surface area contributed by atoms with Gasteiger partial charge in [0.2, 0.25) is 5.96 Å². The zero-order valence-corrected chi connectivity index (χ0v) is 7.80. The summed E-state index contributed by atoms with van der Waals surface area (Å²) >= 11 is 5.57. The van der Waals surface area contributed by atoms with Crippen molar-refractivity contribution >= 4 is 23.5 Å². The predicted molar refractivity (Wildman–Crippen MR) is 51.8 cm³/mol. The van der Waals surface area contributed by atoms with Crippen LogP contribution in [0.1, 0.15) is 10.4 Å². The van der Waals surface area contributed by atoms with Gasteiger partial charge in [-0.25, -0.2) is 4.98 Å². The molecule has 0 saturated carbocycles. The molecule has 0 radical (unpaired) electrons. The van der Waals surface area contributed by atoms with Gasteiger partial charge in [-0.2, -0.15) is 0 Å². The van der Waals surface area contributed by atoms with E-state index in [0.29, 0.717) is 5.56 Å². The second-order valence-corrected chi connectivity index (χ2v) is 2.75. The molecular weight excluding hydrogens is 206 g/mol. The fraction of sp³-hybridized carbons (Fsp3) is 0. The monoisotopic (exact) mass is 213 g/mol. The first-order valence-electron chi connectivity index (χ1n) is 3.61. The number of nitrogens with zero attached hydrogens (tertiary/aromatic N) is 1. The van der Waals surface area contributed by atoms with E-state index < -0.39 is 5.91 Å². The molecule has 74 valence electrons. The van der Waals surface area contributed by atoms with Gasteiger partial charge >= 0.3 is 0 Å². The maximum atomic E-state index is 11.3. The van der Waals surface area contributed by atoms with Crippen molar-refractivity contribution in [1.82, 2.24) is 15.8 Å². The van der Waals surface area contributed by atoms with Crippen molar-refractivity contribution in [3.05, 3.63) is 29.0 Å². The Labute approximate surface area is 84.9 Å². The molecule has 1 heterocycles. The Morgan fingerprint density at radius 1 is 1.57 bits per heavy atom. The zero-order valence-electron chi connectivity index (χ0n) is 7.04. The Morgan fingerprint density at radius 3 is 2.86 bits per heavy atom. The van der Waals surface area contributed by atoms with Gasteiger partial charge in [-0.3, -0.25) is 21.1 Å². The summed E-state index contributed by atoms with van der Waals surface area (Å²) in [5.41, 5.74) is 9.66. The van der Waals surface area contributed by atoms with Gasteiger partial charge < -0.3 is 5.73 Å². The van der Waals surface area contributed by atoms with Crippen molar-refractivity contribution in [2.75, 3.05) is 0 Å². The molecule has 0 fully saturated rings. The molecule has 0 atom stereocenters. The van der Waals surface area contributed by atoms with Crippen LogP contribution in [0.3, 0.4) is 0 Å². The molecule has 1 rings (SSSR count). The first-order valence-corrected chi connectivity index (χ1v) is 3.99. The number of hydrogen-bond acceptors (Lipinski definition) is 3. The average molecular weight is 214 g/mol. The molecule has 0 bridgehead atoms. The highest BCUT2D eigenvalue weighted by molar-refractivity contribution is 6.29. The minimum Gasteiger partial charge on any atom is -0.369 e. The van der Waals surface area contributed by atoms with Crippen LogP contribution in [0, 0.1) is 5.41 Å². The maximum Gasteiger partial charge on any atom is 0.269 e. The number of aromatic nitrogens is 1. The van der Waals surface area contributed by atoms with Crippen molar-refractivity contribution in [2.45, 2.75) is 0 Å². The highest BCUT2D eigenvalue weighted by Crippen LogP contribution is 2.06. The molecule has 0 aromatic carbocycles. The summed E-state index contributed by atoms with van der Waals surface area (Å²) in [5, 5.41) is 7.03. The van der Waals surface area contributed by atoms with E-state index in [1.807, 2.05) is 0 Å². The normalized spacial score (nSPS) is 9.21. The molecule has 0 aliphatic heterocycles. The van der Waals surface area contributed by atoms with Crippen LogP contribution in [0.15, 0.2) is 18.3 Å². The van der Waals surface area contributed by atoms with Crippen LogP contribution < -0.4 is 16.6 Å². The van der Waals surface area contributed by atoms with Crippen molar-refractivity contribution < 1.29 is 4.79 Å². The summed E-state index contributed by atoms with van der Waals surface area (Å²) in [6.45, 7) is 0. The van der Waals surface area contributed by atoms with Gasteiger partial charge in [0, 0.05) is 11.8 Å². The van der Waals surface area contributed by atoms with Crippen LogP contribution in [-0.4, -0.2) is 16.9 Å². The van der Waals surface area contributed by atoms with Gasteiger partial charge in [0.1, 0.15) is 5.15 Å². The van der Waals surface area contributed by atoms with E-state index >= 15 is 0 Å². The molecule has 14 heavy (non-hydrogen) atoms. The maximum absolute atomic E-state index is 11.3. The summed E-state index contributed by atoms with van der Waals surface area (Å²) in [5.74, 6) is -0.789. The smallest absolute Gasteiger partial charge is 0.269 e. The SMILES string of the molecule is N=C(N)NNC(=O)c1ccnc(Cl)c1. The van der Waals surface area contributed by atoms with Crippen LogP contribution >= 0.6 is 11.6 Å². The van der Waals surface area contributed by atoms with E-state index in [2.05, 4.69) is 15.8 Å². The molecule has 7 heteroatoms. The minimum atomic E-state index is -0.440. The quantitative estimate of drug-likeness (QED) is 0.226. The molecule has 0 unspecified atom stereocenters. The van der Waals surface area contributed by atoms with Crippen LogP contribution in [0.25, 0.3) is 0 Å². The van der Waals surface area contributed by atoms with Crippen molar-refractivity contribution in [3.63, 3.8) is 0 Å². The number of hydrogen-bond donors (Lipinski definition) is 4. The largest absolute Gasteiger partial charge is 0.369 e. The highest BCUT2D eigenvalue weighted by Gasteiger charge is 2.05. The molecule has 0 spiro atoms. The molecule has 0 aliphatic carbocycles. The third kappa shape index (κ3) is 2.91. The minimum absolute atomic E-state index is 0.223. The summed E-state index contributed by atoms with van der Waals surface area (Å²) in [6, 6.07) is 2.89. The molecule has 1 amide bonds. The molecule has 6 nitrogen and oxygen atoms in total. The number of hydrazine groups is 1. The third-order valence-corrected chi connectivity index (χ3v) is 1.51. The number of rotatable bonds is 1. The number of guanidine groups is 1. The van der Waals surface area contributed by atoms with Crippen LogP contribution in [0.5, 0.6) is 0 Å². The molecular formula is C7H8ClN5O. The first kappa shape index (κ1) is 10.3. The fourth-order valence-electron chi connectivity index (χ4n) is 0.740. The van der Waals surface area contributed by atoms with Crippen LogP contribution in [-0.2, 0) is 0 Å². The van der Waals surface area contributed by atoms with Gasteiger partial charge in [-0.15, -0.1) is 0 Å². The fourth-order valence-corrected chi connectivity index (χ4v) is 0.914. The Kier molecular flexibility index (Phi) is 3.24. The van der Waals surface area contributed by atoms with Crippen LogP contribution in [0.4, 0.5) is 0 Å². The van der Waals surface area contributed by atoms with Gasteiger partial charge in [0.05, 0.1) is 0 Å². The van der Waals surface area contributed by atoms with E-state index in [4.69, 9.17) is 22.7 Å². The lowest BCUT2D eigenvalue weighted by Gasteiger charge is -2.05. The Hall–Kier alpha value is -1.82. The third-order valence-electron chi connectivity index (χ3n) is 1.30. The Morgan fingerprint density at radius 2 is 2.29 bits per heavy atom. The standard InChI is InChI=1S/C7H8ClN5O/c8-5-3-4(1-2-11-5)6(14)12-13-7(9)10/h1-3H,(H,12,14)(H4,9,10,13). The summed E-state index contributed by atoms with van der Waals surface area (Å²) in [7, 11) is 0. The molecule has 0 aliphatic rings. The lowest BCUT2D eigenvalue weighted by molar-refractivity contribution is 0.0943. The summed E-state index contributed by atoms with van der Waals surface area (Å²) < 4.78 is 0. The Bertz CT molecular complexity index is 367. The van der Waals surface area contributed by atoms with E-state index in [1.165, 1.54) is 18.3 Å². The number of amides is 1. The number of nitrogens with two attached hydrogens (primary N) is 1. The van der Waals surface area contributed by atoms with Gasteiger partial charge in [0.25, 0.3) is 5.91 Å². The van der Waals surface area contributed by atoms with E-state index in [9.17, 15) is 4.79 Å². The molecule has 1 aromatic rings. The average Bonchev–Trinajstić information content (AvgIpc) is 2.14.